The maximum atomic E-state index is 12.2. The number of halogens is 1. The summed E-state index contributed by atoms with van der Waals surface area (Å²) in [6, 6.07) is 0.0796. The van der Waals surface area contributed by atoms with Crippen molar-refractivity contribution >= 4 is 24.3 Å². The summed E-state index contributed by atoms with van der Waals surface area (Å²) in [6.45, 7) is 2.79. The summed E-state index contributed by atoms with van der Waals surface area (Å²) in [6.07, 6.45) is 9.08. The maximum Gasteiger partial charge on any atom is 0.315 e. The van der Waals surface area contributed by atoms with E-state index < -0.39 is 0 Å². The molecule has 2 fully saturated rings. The number of nitrogens with one attached hydrogen (secondary N) is 3. The number of nitrogens with zero attached hydrogens (tertiary/aromatic N) is 1. The third kappa shape index (κ3) is 7.26. The molecule has 140 valence electrons. The van der Waals surface area contributed by atoms with Crippen LogP contribution in [0.25, 0.3) is 0 Å². The molecule has 0 radical (unpaired) electrons. The molecule has 6 nitrogen and oxygen atoms in total. The second-order valence-electron chi connectivity index (χ2n) is 6.88. The summed E-state index contributed by atoms with van der Waals surface area (Å²) in [5.74, 6) is 0.755. The first kappa shape index (κ1) is 21.0. The molecule has 3 N–H and O–H groups in total. The molecule has 0 aromatic carbocycles. The van der Waals surface area contributed by atoms with E-state index in [4.69, 9.17) is 0 Å². The molecule has 1 heterocycles. The highest BCUT2D eigenvalue weighted by atomic mass is 35.5. The highest BCUT2D eigenvalue weighted by Gasteiger charge is 2.23. The van der Waals surface area contributed by atoms with Gasteiger partial charge in [-0.1, -0.05) is 19.3 Å². The van der Waals surface area contributed by atoms with Crippen molar-refractivity contribution in [2.24, 2.45) is 5.92 Å². The standard InChI is InChI=1S/C17H32N4O2.ClH/c1-18-10-7-14-8-11-21(12-9-14)16(22)13-19-17(23)20-15-5-3-2-4-6-15;/h14-15,18H,2-13H2,1H3,(H2,19,20,23);1H. The van der Waals surface area contributed by atoms with Gasteiger partial charge in [-0.3, -0.25) is 4.79 Å². The normalized spacial score (nSPS) is 19.5. The monoisotopic (exact) mass is 360 g/mol. The van der Waals surface area contributed by atoms with Crippen molar-refractivity contribution in [1.82, 2.24) is 20.9 Å². The Bertz CT molecular complexity index is 381. The summed E-state index contributed by atoms with van der Waals surface area (Å²) in [5, 5.41) is 8.88. The van der Waals surface area contributed by atoms with Crippen LogP contribution in [0.15, 0.2) is 0 Å². The van der Waals surface area contributed by atoms with Crippen molar-refractivity contribution in [2.75, 3.05) is 33.2 Å². The summed E-state index contributed by atoms with van der Waals surface area (Å²) < 4.78 is 0. The lowest BCUT2D eigenvalue weighted by Crippen LogP contribution is -2.48. The molecule has 1 aliphatic carbocycles. The van der Waals surface area contributed by atoms with Crippen LogP contribution in [-0.2, 0) is 4.79 Å². The number of amides is 3. The first-order valence-corrected chi connectivity index (χ1v) is 9.15. The number of rotatable bonds is 6. The number of hydrogen-bond donors (Lipinski definition) is 3. The Balaban J connectivity index is 0.00000288. The summed E-state index contributed by atoms with van der Waals surface area (Å²) in [4.78, 5) is 25.9. The molecule has 7 heteroatoms. The minimum absolute atomic E-state index is 0. The number of carbonyl (C=O) groups excluding carboxylic acids is 2. The van der Waals surface area contributed by atoms with Crippen molar-refractivity contribution in [3.05, 3.63) is 0 Å². The van der Waals surface area contributed by atoms with Crippen LogP contribution in [0.1, 0.15) is 51.4 Å². The lowest BCUT2D eigenvalue weighted by molar-refractivity contribution is -0.131. The largest absolute Gasteiger partial charge is 0.341 e. The zero-order chi connectivity index (χ0) is 16.5. The molecule has 3 amide bonds. The van der Waals surface area contributed by atoms with Crippen LogP contribution in [0.2, 0.25) is 0 Å². The fraction of sp³-hybridized carbons (Fsp3) is 0.882. The fourth-order valence-electron chi connectivity index (χ4n) is 3.57. The van der Waals surface area contributed by atoms with Crippen LogP contribution in [0.4, 0.5) is 4.79 Å². The Morgan fingerprint density at radius 1 is 1.04 bits per heavy atom. The zero-order valence-electron chi connectivity index (χ0n) is 14.8. The Morgan fingerprint density at radius 3 is 2.33 bits per heavy atom. The number of urea groups is 1. The Hall–Kier alpha value is -1.01. The molecular formula is C17H33ClN4O2. The van der Waals surface area contributed by atoms with Crippen LogP contribution >= 0.6 is 12.4 Å². The minimum Gasteiger partial charge on any atom is -0.341 e. The highest BCUT2D eigenvalue weighted by molar-refractivity contribution is 5.85. The van der Waals surface area contributed by atoms with Gasteiger partial charge in [-0.2, -0.15) is 0 Å². The molecular weight excluding hydrogens is 328 g/mol. The third-order valence-corrected chi connectivity index (χ3v) is 5.11. The van der Waals surface area contributed by atoms with Gasteiger partial charge < -0.3 is 20.9 Å². The molecule has 1 saturated carbocycles. The lowest BCUT2D eigenvalue weighted by atomic mass is 9.93. The summed E-state index contributed by atoms with van der Waals surface area (Å²) in [5.41, 5.74) is 0. The Labute approximate surface area is 151 Å². The topological polar surface area (TPSA) is 73.5 Å². The van der Waals surface area contributed by atoms with Crippen LogP contribution in [0.5, 0.6) is 0 Å². The molecule has 0 spiro atoms. The number of hydrogen-bond acceptors (Lipinski definition) is 3. The van der Waals surface area contributed by atoms with E-state index in [0.29, 0.717) is 5.92 Å². The molecule has 0 aromatic rings. The highest BCUT2D eigenvalue weighted by Crippen LogP contribution is 2.20. The summed E-state index contributed by atoms with van der Waals surface area (Å²) >= 11 is 0. The van der Waals surface area contributed by atoms with E-state index in [-0.39, 0.29) is 36.9 Å². The van der Waals surface area contributed by atoms with E-state index in [9.17, 15) is 9.59 Å². The van der Waals surface area contributed by atoms with Crippen LogP contribution in [0, 0.1) is 5.92 Å². The van der Waals surface area contributed by atoms with E-state index in [2.05, 4.69) is 16.0 Å². The van der Waals surface area contributed by atoms with Crippen molar-refractivity contribution < 1.29 is 9.59 Å². The molecule has 0 atom stereocenters. The van der Waals surface area contributed by atoms with Gasteiger partial charge in [-0.05, 0) is 51.6 Å². The number of likely N-dealkylation sites (tertiary alicyclic amines) is 1. The van der Waals surface area contributed by atoms with E-state index in [1.807, 2.05) is 11.9 Å². The second kappa shape index (κ2) is 11.5. The number of piperidine rings is 1. The molecule has 0 bridgehead atoms. The smallest absolute Gasteiger partial charge is 0.315 e. The van der Waals surface area contributed by atoms with Crippen molar-refractivity contribution in [1.29, 1.82) is 0 Å². The second-order valence-corrected chi connectivity index (χ2v) is 6.88. The average molecular weight is 361 g/mol. The van der Waals surface area contributed by atoms with Gasteiger partial charge in [0.05, 0.1) is 6.54 Å². The first-order valence-electron chi connectivity index (χ1n) is 9.15. The maximum absolute atomic E-state index is 12.2. The Kier molecular flexibility index (Phi) is 10.1. The van der Waals surface area contributed by atoms with Crippen LogP contribution in [-0.4, -0.2) is 56.1 Å². The molecule has 1 saturated heterocycles. The van der Waals surface area contributed by atoms with Gasteiger partial charge in [-0.15, -0.1) is 12.4 Å². The number of carbonyl (C=O) groups is 2. The molecule has 24 heavy (non-hydrogen) atoms. The minimum atomic E-state index is -0.200. The molecule has 2 aliphatic rings. The fourth-order valence-corrected chi connectivity index (χ4v) is 3.57. The van der Waals surface area contributed by atoms with Crippen LogP contribution < -0.4 is 16.0 Å². The predicted octanol–water partition coefficient (Wildman–Crippen LogP) is 1.89. The molecule has 2 rings (SSSR count). The van der Waals surface area contributed by atoms with Gasteiger partial charge in [0.2, 0.25) is 5.91 Å². The SMILES string of the molecule is CNCCC1CCN(C(=O)CNC(=O)NC2CCCCC2)CC1.Cl. The Morgan fingerprint density at radius 2 is 1.71 bits per heavy atom. The van der Waals surface area contributed by atoms with Gasteiger partial charge in [0.25, 0.3) is 0 Å². The van der Waals surface area contributed by atoms with Crippen molar-refractivity contribution in [3.8, 4) is 0 Å². The van der Waals surface area contributed by atoms with Crippen molar-refractivity contribution in [3.63, 3.8) is 0 Å². The zero-order valence-corrected chi connectivity index (χ0v) is 15.6. The van der Waals surface area contributed by atoms with E-state index in [1.54, 1.807) is 0 Å². The summed E-state index contributed by atoms with van der Waals surface area (Å²) in [7, 11) is 1.97. The van der Waals surface area contributed by atoms with Gasteiger partial charge in [0.15, 0.2) is 0 Å². The molecule has 0 unspecified atom stereocenters. The van der Waals surface area contributed by atoms with E-state index in [1.165, 1.54) is 25.7 Å². The van der Waals surface area contributed by atoms with Crippen LogP contribution in [0.3, 0.4) is 0 Å². The van der Waals surface area contributed by atoms with E-state index in [0.717, 1.165) is 45.3 Å². The average Bonchev–Trinajstić information content (AvgIpc) is 2.59. The third-order valence-electron chi connectivity index (χ3n) is 5.11. The van der Waals surface area contributed by atoms with Gasteiger partial charge in [0.1, 0.15) is 0 Å². The van der Waals surface area contributed by atoms with Crippen molar-refractivity contribution in [2.45, 2.75) is 57.4 Å². The van der Waals surface area contributed by atoms with Gasteiger partial charge in [0, 0.05) is 19.1 Å². The first-order chi connectivity index (χ1) is 11.2. The van der Waals surface area contributed by atoms with E-state index >= 15 is 0 Å². The van der Waals surface area contributed by atoms with Gasteiger partial charge >= 0.3 is 6.03 Å². The van der Waals surface area contributed by atoms with Gasteiger partial charge in [-0.25, -0.2) is 4.79 Å². The molecule has 1 aliphatic heterocycles. The molecule has 0 aromatic heterocycles. The lowest BCUT2D eigenvalue weighted by Gasteiger charge is -2.32. The predicted molar refractivity (Wildman–Crippen MR) is 98.5 cm³/mol. The quantitative estimate of drug-likeness (QED) is 0.677.